The van der Waals surface area contributed by atoms with Gasteiger partial charge in [-0.3, -0.25) is 0 Å². The van der Waals surface area contributed by atoms with E-state index in [0.717, 1.165) is 28.5 Å². The normalized spacial score (nSPS) is 54.0. The molecule has 1 heteroatoms. The van der Waals surface area contributed by atoms with Crippen LogP contribution in [0.3, 0.4) is 0 Å². The summed E-state index contributed by atoms with van der Waals surface area (Å²) in [5.41, 5.74) is 2.58. The summed E-state index contributed by atoms with van der Waals surface area (Å²) in [4.78, 5) is 0.759. The lowest BCUT2D eigenvalue weighted by Gasteiger charge is -2.61. The van der Waals surface area contributed by atoms with E-state index in [0.29, 0.717) is 10.8 Å². The van der Waals surface area contributed by atoms with Crippen molar-refractivity contribution in [1.29, 1.82) is 0 Å². The second-order valence-electron chi connectivity index (χ2n) is 9.04. The van der Waals surface area contributed by atoms with Crippen molar-refractivity contribution >= 4 is 15.9 Å². The molecule has 0 radical (unpaired) electrons. The smallest absolute Gasteiger partial charge is 0.0182 e. The molecule has 3 saturated carbocycles. The van der Waals surface area contributed by atoms with E-state index in [-0.39, 0.29) is 0 Å². The summed E-state index contributed by atoms with van der Waals surface area (Å²) in [6.07, 6.45) is 16.1. The van der Waals surface area contributed by atoms with Crippen LogP contribution in [0, 0.1) is 34.5 Å². The highest BCUT2D eigenvalue weighted by Gasteiger charge is 2.59. The van der Waals surface area contributed by atoms with Crippen molar-refractivity contribution in [1.82, 2.24) is 0 Å². The topological polar surface area (TPSA) is 0 Å². The van der Waals surface area contributed by atoms with Gasteiger partial charge in [-0.15, -0.1) is 0 Å². The second kappa shape index (κ2) is 5.23. The molecule has 0 amide bonds. The molecule has 3 fully saturated rings. The van der Waals surface area contributed by atoms with Crippen LogP contribution in [0.5, 0.6) is 0 Å². The van der Waals surface area contributed by atoms with Crippen molar-refractivity contribution in [2.45, 2.75) is 70.0 Å². The maximum Gasteiger partial charge on any atom is 0.0182 e. The first-order valence-corrected chi connectivity index (χ1v) is 10.4. The third kappa shape index (κ3) is 1.93. The molecule has 0 nitrogen and oxygen atoms in total. The molecule has 0 N–H and O–H groups in total. The molecule has 0 heterocycles. The maximum absolute atomic E-state index is 4.14. The molecule has 4 rings (SSSR count). The van der Waals surface area contributed by atoms with Crippen LogP contribution >= 0.6 is 15.9 Å². The molecule has 0 bridgehead atoms. The van der Waals surface area contributed by atoms with Crippen molar-refractivity contribution in [3.8, 4) is 0 Å². The Morgan fingerprint density at radius 3 is 2.73 bits per heavy atom. The van der Waals surface area contributed by atoms with E-state index in [4.69, 9.17) is 0 Å². The number of halogens is 1. The van der Waals surface area contributed by atoms with Crippen molar-refractivity contribution in [3.05, 3.63) is 24.3 Å². The first kappa shape index (κ1) is 15.5. The number of fused-ring (bicyclic) bond motifs is 5. The zero-order valence-electron chi connectivity index (χ0n) is 14.3. The van der Waals surface area contributed by atoms with Gasteiger partial charge in [-0.2, -0.15) is 0 Å². The predicted molar refractivity (Wildman–Crippen MR) is 98.1 cm³/mol. The fourth-order valence-corrected chi connectivity index (χ4v) is 8.52. The van der Waals surface area contributed by atoms with Crippen LogP contribution in [-0.4, -0.2) is 4.83 Å². The van der Waals surface area contributed by atoms with Crippen molar-refractivity contribution in [2.75, 3.05) is 0 Å². The predicted octanol–water partition coefficient (Wildman–Crippen LogP) is 6.51. The van der Waals surface area contributed by atoms with E-state index in [2.05, 4.69) is 48.5 Å². The molecule has 0 aromatic carbocycles. The molecule has 4 aliphatic rings. The lowest BCUT2D eigenvalue weighted by atomic mass is 9.45. The third-order valence-electron chi connectivity index (χ3n) is 8.41. The van der Waals surface area contributed by atoms with Crippen LogP contribution in [0.15, 0.2) is 24.3 Å². The molecule has 0 saturated heterocycles. The molecule has 7 atom stereocenters. The van der Waals surface area contributed by atoms with Crippen molar-refractivity contribution in [2.24, 2.45) is 34.5 Å². The third-order valence-corrected chi connectivity index (χ3v) is 9.42. The Morgan fingerprint density at radius 1 is 1.14 bits per heavy atom. The molecule has 4 aliphatic carbocycles. The Balaban J connectivity index is 1.68. The van der Waals surface area contributed by atoms with Crippen LogP contribution in [0.1, 0.15) is 65.2 Å². The van der Waals surface area contributed by atoms with Crippen molar-refractivity contribution in [3.63, 3.8) is 0 Å². The Kier molecular flexibility index (Phi) is 3.68. The van der Waals surface area contributed by atoms with Gasteiger partial charge in [0.05, 0.1) is 0 Å². The summed E-state index contributed by atoms with van der Waals surface area (Å²) in [5, 5.41) is 0. The highest BCUT2D eigenvalue weighted by Crippen LogP contribution is 2.67. The zero-order chi connectivity index (χ0) is 15.5. The highest BCUT2D eigenvalue weighted by molar-refractivity contribution is 9.09. The minimum absolute atomic E-state index is 0.424. The average Bonchev–Trinajstić information content (AvgIpc) is 2.84. The molecular weight excluding hydrogens is 332 g/mol. The fraction of sp³-hybridized carbons (Fsp3) is 0.810. The standard InChI is InChI=1S/C21H31Br/c1-4-14-8-9-16-15-13-19(22)18-7-5-6-11-21(18,3)17(15)10-12-20(14,16)2/h4,8,15-19H,1,5-7,9-13H2,2-3H3/t15-,16-,17-,18?,19?,20+,21+/m0/s1. The van der Waals surface area contributed by atoms with Gasteiger partial charge < -0.3 is 0 Å². The van der Waals surface area contributed by atoms with E-state index in [1.54, 1.807) is 5.57 Å². The number of hydrogen-bond donors (Lipinski definition) is 0. The van der Waals surface area contributed by atoms with Crippen LogP contribution in [0.25, 0.3) is 0 Å². The maximum atomic E-state index is 4.14. The summed E-state index contributed by atoms with van der Waals surface area (Å²) < 4.78 is 0. The molecule has 0 spiro atoms. The number of alkyl halides is 1. The lowest BCUT2D eigenvalue weighted by molar-refractivity contribution is -0.0938. The summed E-state index contributed by atoms with van der Waals surface area (Å²) in [7, 11) is 0. The van der Waals surface area contributed by atoms with E-state index < -0.39 is 0 Å². The monoisotopic (exact) mass is 362 g/mol. The molecule has 122 valence electrons. The molecule has 0 aliphatic heterocycles. The van der Waals surface area contributed by atoms with Gasteiger partial charge in [0.2, 0.25) is 0 Å². The van der Waals surface area contributed by atoms with Gasteiger partial charge in [0.15, 0.2) is 0 Å². The van der Waals surface area contributed by atoms with Crippen LogP contribution in [0.2, 0.25) is 0 Å². The Labute approximate surface area is 145 Å². The van der Waals surface area contributed by atoms with Crippen LogP contribution in [-0.2, 0) is 0 Å². The summed E-state index contributed by atoms with van der Waals surface area (Å²) >= 11 is 4.14. The average molecular weight is 363 g/mol. The minimum atomic E-state index is 0.424. The summed E-state index contributed by atoms with van der Waals surface area (Å²) in [6.45, 7) is 9.29. The van der Waals surface area contributed by atoms with Gasteiger partial charge in [-0.05, 0) is 78.6 Å². The Bertz CT molecular complexity index is 506. The van der Waals surface area contributed by atoms with Gasteiger partial charge in [-0.1, -0.05) is 61.4 Å². The van der Waals surface area contributed by atoms with E-state index in [1.165, 1.54) is 51.4 Å². The first-order valence-electron chi connectivity index (χ1n) is 9.48. The molecule has 22 heavy (non-hydrogen) atoms. The van der Waals surface area contributed by atoms with Crippen LogP contribution in [0.4, 0.5) is 0 Å². The number of allylic oxidation sites excluding steroid dienone is 3. The first-order chi connectivity index (χ1) is 10.5. The van der Waals surface area contributed by atoms with Gasteiger partial charge in [0.25, 0.3) is 0 Å². The van der Waals surface area contributed by atoms with E-state index in [1.807, 2.05) is 0 Å². The molecular formula is C21H31Br. The quantitative estimate of drug-likeness (QED) is 0.466. The molecule has 0 aromatic rings. The van der Waals surface area contributed by atoms with E-state index in [9.17, 15) is 0 Å². The zero-order valence-corrected chi connectivity index (χ0v) is 15.9. The highest BCUT2D eigenvalue weighted by atomic mass is 79.9. The number of rotatable bonds is 1. The van der Waals surface area contributed by atoms with Crippen molar-refractivity contribution < 1.29 is 0 Å². The summed E-state index contributed by atoms with van der Waals surface area (Å²) in [5.74, 6) is 3.71. The summed E-state index contributed by atoms with van der Waals surface area (Å²) in [6, 6.07) is 0. The van der Waals surface area contributed by atoms with Gasteiger partial charge >= 0.3 is 0 Å². The van der Waals surface area contributed by atoms with Gasteiger partial charge in [-0.25, -0.2) is 0 Å². The Hall–Kier alpha value is -0.0400. The largest absolute Gasteiger partial charge is 0.0988 e. The second-order valence-corrected chi connectivity index (χ2v) is 10.2. The number of hydrogen-bond acceptors (Lipinski definition) is 0. The Morgan fingerprint density at radius 2 is 1.95 bits per heavy atom. The minimum Gasteiger partial charge on any atom is -0.0988 e. The van der Waals surface area contributed by atoms with Gasteiger partial charge in [0.1, 0.15) is 0 Å². The lowest BCUT2D eigenvalue weighted by Crippen LogP contribution is -2.55. The van der Waals surface area contributed by atoms with E-state index >= 15 is 0 Å². The van der Waals surface area contributed by atoms with Crippen LogP contribution < -0.4 is 0 Å². The fourth-order valence-electron chi connectivity index (χ4n) is 7.22. The SMILES string of the molecule is C=CC1=CC[C@H]2[C@@H]3CC(Br)C4CCCC[C@]4(C)[C@H]3CC[C@]12C. The molecule has 2 unspecified atom stereocenters. The van der Waals surface area contributed by atoms with Gasteiger partial charge in [0, 0.05) is 4.83 Å². The molecule has 0 aromatic heterocycles.